The number of rotatable bonds is 4. The lowest BCUT2D eigenvalue weighted by molar-refractivity contribution is -0.0159. The van der Waals surface area contributed by atoms with E-state index in [1.165, 1.54) is 43.2 Å². The Morgan fingerprint density at radius 2 is 1.61 bits per heavy atom. The molecule has 2 rings (SSSR count). The van der Waals surface area contributed by atoms with Crippen LogP contribution in [-0.4, -0.2) is 10.7 Å². The number of hydrogen-bond donors (Lipinski definition) is 1. The standard InChI is InChI=1S/C17H26O/c1-3-14-9-11-15(12-10-14)13-17(2,18)16-7-5-4-6-8-16/h9-12,16,18H,3-8,13H2,1-2H3. The van der Waals surface area contributed by atoms with Crippen LogP contribution < -0.4 is 0 Å². The Bertz CT molecular complexity index is 358. The summed E-state index contributed by atoms with van der Waals surface area (Å²) in [5, 5.41) is 10.7. The molecule has 0 bridgehead atoms. The van der Waals surface area contributed by atoms with Crippen molar-refractivity contribution in [2.75, 3.05) is 0 Å². The van der Waals surface area contributed by atoms with E-state index in [-0.39, 0.29) is 0 Å². The van der Waals surface area contributed by atoms with Gasteiger partial charge in [0.15, 0.2) is 0 Å². The molecule has 0 radical (unpaired) electrons. The van der Waals surface area contributed by atoms with Crippen molar-refractivity contribution in [3.8, 4) is 0 Å². The van der Waals surface area contributed by atoms with Gasteiger partial charge in [0.1, 0.15) is 0 Å². The van der Waals surface area contributed by atoms with Crippen LogP contribution in [0.2, 0.25) is 0 Å². The van der Waals surface area contributed by atoms with E-state index in [4.69, 9.17) is 0 Å². The van der Waals surface area contributed by atoms with E-state index in [0.717, 1.165) is 12.8 Å². The summed E-state index contributed by atoms with van der Waals surface area (Å²) in [7, 11) is 0. The smallest absolute Gasteiger partial charge is 0.0687 e. The van der Waals surface area contributed by atoms with Crippen molar-refractivity contribution >= 4 is 0 Å². The maximum Gasteiger partial charge on any atom is 0.0687 e. The van der Waals surface area contributed by atoms with E-state index in [9.17, 15) is 5.11 Å². The van der Waals surface area contributed by atoms with Crippen molar-refractivity contribution in [2.24, 2.45) is 5.92 Å². The molecule has 0 heterocycles. The van der Waals surface area contributed by atoms with E-state index in [0.29, 0.717) is 5.92 Å². The third-order valence-electron chi connectivity index (χ3n) is 4.48. The molecule has 100 valence electrons. The highest BCUT2D eigenvalue weighted by molar-refractivity contribution is 5.23. The molecule has 0 saturated heterocycles. The lowest BCUT2D eigenvalue weighted by Gasteiger charge is -2.35. The Kier molecular flexibility index (Phi) is 4.45. The minimum absolute atomic E-state index is 0.483. The summed E-state index contributed by atoms with van der Waals surface area (Å²) in [4.78, 5) is 0. The van der Waals surface area contributed by atoms with Crippen LogP contribution in [0.1, 0.15) is 57.1 Å². The molecule has 1 nitrogen and oxygen atoms in total. The maximum atomic E-state index is 10.7. The third-order valence-corrected chi connectivity index (χ3v) is 4.48. The normalized spacial score (nSPS) is 20.6. The van der Waals surface area contributed by atoms with Crippen molar-refractivity contribution < 1.29 is 5.11 Å². The van der Waals surface area contributed by atoms with E-state index >= 15 is 0 Å². The van der Waals surface area contributed by atoms with Gasteiger partial charge in [0, 0.05) is 6.42 Å². The minimum atomic E-state index is -0.534. The molecule has 1 aromatic carbocycles. The summed E-state index contributed by atoms with van der Waals surface area (Å²) in [6.45, 7) is 4.20. The van der Waals surface area contributed by atoms with Gasteiger partial charge in [-0.05, 0) is 43.2 Å². The van der Waals surface area contributed by atoms with Crippen LogP contribution in [-0.2, 0) is 12.8 Å². The largest absolute Gasteiger partial charge is 0.390 e. The summed E-state index contributed by atoms with van der Waals surface area (Å²) in [6.07, 6.45) is 8.18. The average molecular weight is 246 g/mol. The Balaban J connectivity index is 2.01. The van der Waals surface area contributed by atoms with Gasteiger partial charge in [-0.2, -0.15) is 0 Å². The molecule has 1 atom stereocenters. The van der Waals surface area contributed by atoms with Crippen LogP contribution in [0.4, 0.5) is 0 Å². The highest BCUT2D eigenvalue weighted by Gasteiger charge is 2.32. The highest BCUT2D eigenvalue weighted by atomic mass is 16.3. The van der Waals surface area contributed by atoms with Crippen LogP contribution in [0.5, 0.6) is 0 Å². The van der Waals surface area contributed by atoms with Gasteiger partial charge in [-0.15, -0.1) is 0 Å². The van der Waals surface area contributed by atoms with Crippen molar-refractivity contribution in [2.45, 2.75) is 64.4 Å². The second-order valence-electron chi connectivity index (χ2n) is 6.04. The van der Waals surface area contributed by atoms with Crippen LogP contribution in [0.25, 0.3) is 0 Å². The highest BCUT2D eigenvalue weighted by Crippen LogP contribution is 2.34. The average Bonchev–Trinajstić information content (AvgIpc) is 2.40. The molecule has 1 unspecified atom stereocenters. The first-order valence-corrected chi connectivity index (χ1v) is 7.42. The molecule has 1 saturated carbocycles. The second-order valence-corrected chi connectivity index (χ2v) is 6.04. The van der Waals surface area contributed by atoms with Crippen LogP contribution >= 0.6 is 0 Å². The minimum Gasteiger partial charge on any atom is -0.390 e. The lowest BCUT2D eigenvalue weighted by atomic mass is 9.75. The summed E-state index contributed by atoms with van der Waals surface area (Å²) in [5.74, 6) is 0.483. The fraction of sp³-hybridized carbons (Fsp3) is 0.647. The maximum absolute atomic E-state index is 10.7. The molecular weight excluding hydrogens is 220 g/mol. The Hall–Kier alpha value is -0.820. The number of aliphatic hydroxyl groups is 1. The van der Waals surface area contributed by atoms with Gasteiger partial charge < -0.3 is 5.11 Å². The lowest BCUT2D eigenvalue weighted by Crippen LogP contribution is -2.38. The van der Waals surface area contributed by atoms with Crippen LogP contribution in [0.3, 0.4) is 0 Å². The molecule has 18 heavy (non-hydrogen) atoms. The van der Waals surface area contributed by atoms with Crippen LogP contribution in [0, 0.1) is 5.92 Å². The summed E-state index contributed by atoms with van der Waals surface area (Å²) < 4.78 is 0. The van der Waals surface area contributed by atoms with E-state index in [1.54, 1.807) is 0 Å². The Morgan fingerprint density at radius 3 is 2.17 bits per heavy atom. The molecule has 0 amide bonds. The zero-order chi connectivity index (χ0) is 13.0. The molecule has 0 spiro atoms. The van der Waals surface area contributed by atoms with Gasteiger partial charge in [-0.1, -0.05) is 50.5 Å². The fourth-order valence-corrected chi connectivity index (χ4v) is 3.17. The van der Waals surface area contributed by atoms with Gasteiger partial charge in [-0.25, -0.2) is 0 Å². The molecule has 1 aromatic rings. The van der Waals surface area contributed by atoms with Crippen molar-refractivity contribution in [3.63, 3.8) is 0 Å². The Labute approximate surface area is 111 Å². The summed E-state index contributed by atoms with van der Waals surface area (Å²) in [6, 6.07) is 8.73. The molecule has 0 aliphatic heterocycles. The molecule has 0 aromatic heterocycles. The predicted octanol–water partition coefficient (Wildman–Crippen LogP) is 4.12. The Morgan fingerprint density at radius 1 is 1.06 bits per heavy atom. The monoisotopic (exact) mass is 246 g/mol. The van der Waals surface area contributed by atoms with Crippen LogP contribution in [0.15, 0.2) is 24.3 Å². The topological polar surface area (TPSA) is 20.2 Å². The van der Waals surface area contributed by atoms with Gasteiger partial charge >= 0.3 is 0 Å². The van der Waals surface area contributed by atoms with E-state index < -0.39 is 5.60 Å². The van der Waals surface area contributed by atoms with E-state index in [1.807, 2.05) is 6.92 Å². The van der Waals surface area contributed by atoms with E-state index in [2.05, 4.69) is 31.2 Å². The first-order chi connectivity index (χ1) is 8.62. The third kappa shape index (κ3) is 3.35. The predicted molar refractivity (Wildman–Crippen MR) is 76.7 cm³/mol. The number of aryl methyl sites for hydroxylation is 1. The first kappa shape index (κ1) is 13.6. The van der Waals surface area contributed by atoms with Gasteiger partial charge in [0.05, 0.1) is 5.60 Å². The van der Waals surface area contributed by atoms with Crippen molar-refractivity contribution in [1.29, 1.82) is 0 Å². The van der Waals surface area contributed by atoms with Gasteiger partial charge in [0.25, 0.3) is 0 Å². The number of hydrogen-bond acceptors (Lipinski definition) is 1. The SMILES string of the molecule is CCc1ccc(CC(C)(O)C2CCCCC2)cc1. The summed E-state index contributed by atoms with van der Waals surface area (Å²) in [5.41, 5.74) is 2.10. The zero-order valence-electron chi connectivity index (χ0n) is 11.8. The van der Waals surface area contributed by atoms with Crippen molar-refractivity contribution in [3.05, 3.63) is 35.4 Å². The first-order valence-electron chi connectivity index (χ1n) is 7.42. The molecule has 1 aliphatic rings. The summed E-state index contributed by atoms with van der Waals surface area (Å²) >= 11 is 0. The van der Waals surface area contributed by atoms with Gasteiger partial charge in [0.2, 0.25) is 0 Å². The van der Waals surface area contributed by atoms with Crippen molar-refractivity contribution in [1.82, 2.24) is 0 Å². The molecule has 1 fully saturated rings. The fourth-order valence-electron chi connectivity index (χ4n) is 3.17. The molecule has 1 aliphatic carbocycles. The quantitative estimate of drug-likeness (QED) is 0.847. The number of benzene rings is 1. The molecular formula is C17H26O. The molecule has 1 heteroatoms. The van der Waals surface area contributed by atoms with Gasteiger partial charge in [-0.3, -0.25) is 0 Å². The second kappa shape index (κ2) is 5.88. The zero-order valence-corrected chi connectivity index (χ0v) is 11.8. The molecule has 1 N–H and O–H groups in total.